The maximum atomic E-state index is 13.0. The minimum atomic E-state index is -0.413. The molecular weight excluding hydrogens is 384 g/mol. The highest BCUT2D eigenvalue weighted by atomic mass is 32.1. The number of anilines is 1. The van der Waals surface area contributed by atoms with Crippen molar-refractivity contribution < 1.29 is 9.59 Å². The van der Waals surface area contributed by atoms with Crippen molar-refractivity contribution in [3.63, 3.8) is 0 Å². The van der Waals surface area contributed by atoms with Crippen LogP contribution >= 0.6 is 11.3 Å². The molecule has 1 aliphatic heterocycles. The summed E-state index contributed by atoms with van der Waals surface area (Å²) in [4.78, 5) is 27.7. The molecule has 0 spiro atoms. The van der Waals surface area contributed by atoms with E-state index in [-0.39, 0.29) is 17.7 Å². The Labute approximate surface area is 176 Å². The van der Waals surface area contributed by atoms with Crippen LogP contribution in [0, 0.1) is 12.8 Å². The second kappa shape index (κ2) is 9.96. The molecule has 0 saturated carbocycles. The molecule has 2 amide bonds. The predicted octanol–water partition coefficient (Wildman–Crippen LogP) is 4.66. The van der Waals surface area contributed by atoms with Crippen LogP contribution in [-0.4, -0.2) is 39.5 Å². The number of aryl methyl sites for hydroxylation is 1. The first-order valence-corrected chi connectivity index (χ1v) is 11.4. The number of likely N-dealkylation sites (tertiary alicyclic amines) is 1. The second-order valence-corrected chi connectivity index (χ2v) is 8.69. The summed E-state index contributed by atoms with van der Waals surface area (Å²) in [5.74, 6) is -0.0257. The van der Waals surface area contributed by atoms with E-state index in [0.717, 1.165) is 48.2 Å². The second-order valence-electron chi connectivity index (χ2n) is 7.71. The van der Waals surface area contributed by atoms with Gasteiger partial charge in [-0.25, -0.2) is 0 Å². The summed E-state index contributed by atoms with van der Waals surface area (Å²) in [5, 5.41) is 12.5. The van der Waals surface area contributed by atoms with E-state index in [1.165, 1.54) is 11.3 Å². The van der Waals surface area contributed by atoms with Gasteiger partial charge in [0.2, 0.25) is 16.9 Å². The highest BCUT2D eigenvalue weighted by Gasteiger charge is 2.36. The van der Waals surface area contributed by atoms with E-state index in [1.807, 2.05) is 31.2 Å². The molecule has 0 bridgehead atoms. The molecule has 156 valence electrons. The van der Waals surface area contributed by atoms with Crippen molar-refractivity contribution in [3.8, 4) is 10.6 Å². The number of carbonyl (C=O) groups is 2. The van der Waals surface area contributed by atoms with Crippen molar-refractivity contribution >= 4 is 28.3 Å². The third-order valence-electron chi connectivity index (χ3n) is 5.51. The maximum Gasteiger partial charge on any atom is 0.249 e. The molecule has 0 aliphatic carbocycles. The molecule has 1 N–H and O–H groups in total. The van der Waals surface area contributed by atoms with Gasteiger partial charge in [-0.3, -0.25) is 14.9 Å². The van der Waals surface area contributed by atoms with E-state index in [0.29, 0.717) is 18.1 Å². The standard InChI is InChI=1S/C22H30N4O2S/c1-4-6-10-16(5-2)21(28)26-13-8-12-18(26)19(27)23-22-25-24-20(29-22)17-11-7-9-15(3)14-17/h7,9,11,14,16,18H,4-6,8,10,12-13H2,1-3H3,(H,23,25,27). The average molecular weight is 415 g/mol. The summed E-state index contributed by atoms with van der Waals surface area (Å²) >= 11 is 1.36. The molecule has 2 heterocycles. The number of amides is 2. The van der Waals surface area contributed by atoms with Crippen LogP contribution in [0.2, 0.25) is 0 Å². The Balaban J connectivity index is 1.66. The molecule has 1 aliphatic rings. The number of carbonyl (C=O) groups excluding carboxylic acids is 2. The Morgan fingerprint density at radius 2 is 2.14 bits per heavy atom. The summed E-state index contributed by atoms with van der Waals surface area (Å²) in [6.07, 6.45) is 5.40. The molecule has 7 heteroatoms. The first kappa shape index (κ1) is 21.4. The van der Waals surface area contributed by atoms with Crippen molar-refractivity contribution in [1.29, 1.82) is 0 Å². The van der Waals surface area contributed by atoms with Crippen molar-refractivity contribution in [1.82, 2.24) is 15.1 Å². The summed E-state index contributed by atoms with van der Waals surface area (Å²) in [6.45, 7) is 6.88. The van der Waals surface area contributed by atoms with Gasteiger partial charge >= 0.3 is 0 Å². The average Bonchev–Trinajstić information content (AvgIpc) is 3.38. The van der Waals surface area contributed by atoms with Crippen LogP contribution in [0.4, 0.5) is 5.13 Å². The van der Waals surface area contributed by atoms with Gasteiger partial charge in [-0.15, -0.1) is 10.2 Å². The number of rotatable bonds is 8. The van der Waals surface area contributed by atoms with Crippen LogP contribution in [0.5, 0.6) is 0 Å². The van der Waals surface area contributed by atoms with Gasteiger partial charge in [0.1, 0.15) is 11.0 Å². The Hall–Kier alpha value is -2.28. The van der Waals surface area contributed by atoms with Crippen molar-refractivity contribution in [2.75, 3.05) is 11.9 Å². The fourth-order valence-electron chi connectivity index (χ4n) is 3.85. The van der Waals surface area contributed by atoms with Crippen LogP contribution in [0.25, 0.3) is 10.6 Å². The topological polar surface area (TPSA) is 75.2 Å². The Kier molecular flexibility index (Phi) is 7.36. The molecule has 6 nitrogen and oxygen atoms in total. The normalized spacial score (nSPS) is 17.3. The Morgan fingerprint density at radius 1 is 1.31 bits per heavy atom. The Bertz CT molecular complexity index is 851. The molecule has 29 heavy (non-hydrogen) atoms. The minimum Gasteiger partial charge on any atom is -0.330 e. The number of unbranched alkanes of at least 4 members (excludes halogenated alkanes) is 1. The quantitative estimate of drug-likeness (QED) is 0.682. The number of aromatic nitrogens is 2. The third kappa shape index (κ3) is 5.21. The number of benzene rings is 1. The number of nitrogens with one attached hydrogen (secondary N) is 1. The van der Waals surface area contributed by atoms with Crippen LogP contribution in [0.15, 0.2) is 24.3 Å². The SMILES string of the molecule is CCCCC(CC)C(=O)N1CCCC1C(=O)Nc1nnc(-c2cccc(C)c2)s1. The zero-order valence-electron chi connectivity index (χ0n) is 17.5. The summed E-state index contributed by atoms with van der Waals surface area (Å²) in [5.41, 5.74) is 2.14. The third-order valence-corrected chi connectivity index (χ3v) is 6.39. The fourth-order valence-corrected chi connectivity index (χ4v) is 4.59. The van der Waals surface area contributed by atoms with Gasteiger partial charge in [-0.05, 0) is 38.7 Å². The highest BCUT2D eigenvalue weighted by molar-refractivity contribution is 7.18. The highest BCUT2D eigenvalue weighted by Crippen LogP contribution is 2.28. The minimum absolute atomic E-state index is 0.0119. The molecule has 2 atom stereocenters. The molecule has 1 fully saturated rings. The van der Waals surface area contributed by atoms with Crippen molar-refractivity contribution in [2.45, 2.75) is 65.3 Å². The lowest BCUT2D eigenvalue weighted by atomic mass is 9.97. The van der Waals surface area contributed by atoms with Gasteiger partial charge in [0, 0.05) is 18.0 Å². The van der Waals surface area contributed by atoms with Gasteiger partial charge in [-0.2, -0.15) is 0 Å². The smallest absolute Gasteiger partial charge is 0.249 e. The van der Waals surface area contributed by atoms with E-state index in [1.54, 1.807) is 4.90 Å². The van der Waals surface area contributed by atoms with Gasteiger partial charge in [0.15, 0.2) is 0 Å². The zero-order valence-corrected chi connectivity index (χ0v) is 18.3. The van der Waals surface area contributed by atoms with Crippen molar-refractivity contribution in [3.05, 3.63) is 29.8 Å². The van der Waals surface area contributed by atoms with E-state index in [9.17, 15) is 9.59 Å². The van der Waals surface area contributed by atoms with Crippen LogP contribution in [0.1, 0.15) is 57.9 Å². The summed E-state index contributed by atoms with van der Waals surface area (Å²) < 4.78 is 0. The Morgan fingerprint density at radius 3 is 2.86 bits per heavy atom. The first-order chi connectivity index (χ1) is 14.0. The monoisotopic (exact) mass is 414 g/mol. The lowest BCUT2D eigenvalue weighted by molar-refractivity contribution is -0.140. The van der Waals surface area contributed by atoms with E-state index < -0.39 is 6.04 Å². The molecule has 1 aromatic carbocycles. The summed E-state index contributed by atoms with van der Waals surface area (Å²) in [7, 11) is 0. The van der Waals surface area contributed by atoms with Gasteiger partial charge in [0.25, 0.3) is 0 Å². The number of hydrogen-bond donors (Lipinski definition) is 1. The maximum absolute atomic E-state index is 13.0. The molecule has 2 aromatic rings. The van der Waals surface area contributed by atoms with Crippen molar-refractivity contribution in [2.24, 2.45) is 5.92 Å². The van der Waals surface area contributed by atoms with Gasteiger partial charge in [0.05, 0.1) is 0 Å². The molecule has 3 rings (SSSR count). The molecular formula is C22H30N4O2S. The molecule has 1 aromatic heterocycles. The lowest BCUT2D eigenvalue weighted by Gasteiger charge is -2.27. The fraction of sp³-hybridized carbons (Fsp3) is 0.545. The van der Waals surface area contributed by atoms with E-state index >= 15 is 0 Å². The van der Waals surface area contributed by atoms with Crippen LogP contribution < -0.4 is 5.32 Å². The zero-order chi connectivity index (χ0) is 20.8. The number of hydrogen-bond acceptors (Lipinski definition) is 5. The van der Waals surface area contributed by atoms with Crippen LogP contribution in [-0.2, 0) is 9.59 Å². The van der Waals surface area contributed by atoms with E-state index in [4.69, 9.17) is 0 Å². The molecule has 0 radical (unpaired) electrons. The van der Waals surface area contributed by atoms with Gasteiger partial charge < -0.3 is 4.90 Å². The largest absolute Gasteiger partial charge is 0.330 e. The molecule has 2 unspecified atom stereocenters. The predicted molar refractivity (Wildman–Crippen MR) is 117 cm³/mol. The lowest BCUT2D eigenvalue weighted by Crippen LogP contribution is -2.45. The first-order valence-electron chi connectivity index (χ1n) is 10.5. The van der Waals surface area contributed by atoms with E-state index in [2.05, 4.69) is 29.4 Å². The van der Waals surface area contributed by atoms with Crippen LogP contribution in [0.3, 0.4) is 0 Å². The molecule has 1 saturated heterocycles. The summed E-state index contributed by atoms with van der Waals surface area (Å²) in [6, 6.07) is 7.63. The number of nitrogens with zero attached hydrogens (tertiary/aromatic N) is 3. The van der Waals surface area contributed by atoms with Gasteiger partial charge in [-0.1, -0.05) is 61.8 Å².